The molecule has 54 valence electrons. The minimum Gasteiger partial charge on any atom is -0.289 e. The van der Waals surface area contributed by atoms with Crippen LogP contribution in [0.2, 0.25) is 0 Å². The van der Waals surface area contributed by atoms with Gasteiger partial charge in [-0.05, 0) is 12.8 Å². The Morgan fingerprint density at radius 3 is 2.60 bits per heavy atom. The molecule has 0 saturated carbocycles. The number of hydrogen-bond donors (Lipinski definition) is 2. The Bertz CT molecular complexity index is 183. The van der Waals surface area contributed by atoms with Gasteiger partial charge in [-0.3, -0.25) is 15.2 Å². The summed E-state index contributed by atoms with van der Waals surface area (Å²) in [6, 6.07) is 0. The summed E-state index contributed by atoms with van der Waals surface area (Å²) in [7, 11) is 0. The molecule has 0 unspecified atom stereocenters. The van der Waals surface area contributed by atoms with Gasteiger partial charge in [0.05, 0.1) is 0 Å². The van der Waals surface area contributed by atoms with Crippen LogP contribution >= 0.6 is 0 Å². The van der Waals surface area contributed by atoms with Gasteiger partial charge in [0.1, 0.15) is 5.70 Å². The molecule has 0 aliphatic heterocycles. The van der Waals surface area contributed by atoms with Gasteiger partial charge in [-0.2, -0.15) is 0 Å². The minimum atomic E-state index is -0.477. The smallest absolute Gasteiger partial charge is 0.283 e. The van der Waals surface area contributed by atoms with Crippen LogP contribution in [0.25, 0.3) is 0 Å². The summed E-state index contributed by atoms with van der Waals surface area (Å²) in [5.74, 6) is 4.34. The summed E-state index contributed by atoms with van der Waals surface area (Å²) in [5, 5.41) is 0. The van der Waals surface area contributed by atoms with Crippen molar-refractivity contribution < 1.29 is 4.79 Å². The fourth-order valence-electron chi connectivity index (χ4n) is 0.386. The van der Waals surface area contributed by atoms with E-state index in [2.05, 4.69) is 18.3 Å². The van der Waals surface area contributed by atoms with Crippen molar-refractivity contribution in [1.29, 1.82) is 0 Å². The molecule has 1 amide bonds. The number of nitrogens with zero attached hydrogens (tertiary/aromatic N) is 1. The van der Waals surface area contributed by atoms with E-state index in [4.69, 9.17) is 5.84 Å². The summed E-state index contributed by atoms with van der Waals surface area (Å²) in [5.41, 5.74) is 2.06. The second-order valence-corrected chi connectivity index (χ2v) is 1.42. The maximum Gasteiger partial charge on any atom is 0.283 e. The van der Waals surface area contributed by atoms with E-state index in [0.29, 0.717) is 0 Å². The SMILES string of the molecule is C=C/C=C(\N=C)C(=O)NN. The van der Waals surface area contributed by atoms with Crippen molar-refractivity contribution in [3.05, 3.63) is 24.4 Å². The van der Waals surface area contributed by atoms with Gasteiger partial charge in [0.25, 0.3) is 5.91 Å². The lowest BCUT2D eigenvalue weighted by Crippen LogP contribution is -2.30. The molecule has 0 aromatic carbocycles. The number of nitrogens with two attached hydrogens (primary N) is 1. The quantitative estimate of drug-likeness (QED) is 0.141. The monoisotopic (exact) mass is 139 g/mol. The molecule has 4 nitrogen and oxygen atoms in total. The molecule has 0 rings (SSSR count). The van der Waals surface area contributed by atoms with Crippen molar-refractivity contribution >= 4 is 12.6 Å². The van der Waals surface area contributed by atoms with Crippen LogP contribution in [0.4, 0.5) is 0 Å². The Morgan fingerprint density at radius 2 is 2.30 bits per heavy atom. The Morgan fingerprint density at radius 1 is 1.70 bits per heavy atom. The molecule has 0 bridgehead atoms. The number of carbonyl (C=O) groups excluding carboxylic acids is 1. The lowest BCUT2D eigenvalue weighted by molar-refractivity contribution is -0.117. The Kier molecular flexibility index (Phi) is 3.83. The van der Waals surface area contributed by atoms with Crippen molar-refractivity contribution in [3.8, 4) is 0 Å². The van der Waals surface area contributed by atoms with Crippen LogP contribution in [-0.2, 0) is 4.79 Å². The van der Waals surface area contributed by atoms with Crippen molar-refractivity contribution in [2.75, 3.05) is 0 Å². The van der Waals surface area contributed by atoms with Gasteiger partial charge in [0, 0.05) is 0 Å². The average Bonchev–Trinajstić information content (AvgIpc) is 1.99. The molecule has 0 atom stereocenters. The number of carbonyl (C=O) groups is 1. The summed E-state index contributed by atoms with van der Waals surface area (Å²) < 4.78 is 0. The molecule has 0 aromatic rings. The third-order valence-electron chi connectivity index (χ3n) is 0.810. The molecular formula is C6H9N3O. The number of aliphatic imine (C=N–C) groups is 1. The number of rotatable bonds is 3. The average molecular weight is 139 g/mol. The first-order valence-electron chi connectivity index (χ1n) is 2.56. The normalized spacial score (nSPS) is 10.3. The molecule has 0 spiro atoms. The van der Waals surface area contributed by atoms with Gasteiger partial charge in [0.2, 0.25) is 0 Å². The molecule has 4 heteroatoms. The van der Waals surface area contributed by atoms with Gasteiger partial charge < -0.3 is 0 Å². The number of amides is 1. The van der Waals surface area contributed by atoms with E-state index in [1.165, 1.54) is 12.2 Å². The first-order chi connectivity index (χ1) is 4.76. The van der Waals surface area contributed by atoms with Crippen LogP contribution in [0.3, 0.4) is 0 Å². The molecule has 3 N–H and O–H groups in total. The molecule has 0 fully saturated rings. The summed E-state index contributed by atoms with van der Waals surface area (Å²) in [6.07, 6.45) is 2.84. The largest absolute Gasteiger partial charge is 0.289 e. The van der Waals surface area contributed by atoms with E-state index < -0.39 is 5.91 Å². The zero-order valence-electron chi connectivity index (χ0n) is 5.50. The third kappa shape index (κ3) is 2.23. The predicted octanol–water partition coefficient (Wildman–Crippen LogP) is -0.253. The highest BCUT2D eigenvalue weighted by molar-refractivity contribution is 5.93. The van der Waals surface area contributed by atoms with E-state index in [9.17, 15) is 4.79 Å². The van der Waals surface area contributed by atoms with E-state index in [-0.39, 0.29) is 5.70 Å². The van der Waals surface area contributed by atoms with Crippen molar-refractivity contribution in [2.24, 2.45) is 10.8 Å². The molecule has 0 heterocycles. The summed E-state index contributed by atoms with van der Waals surface area (Å²) in [4.78, 5) is 14.0. The van der Waals surface area contributed by atoms with E-state index >= 15 is 0 Å². The standard InChI is InChI=1S/C6H9N3O/c1-3-4-5(8-2)6(10)9-7/h3-4H,1-2,7H2,(H,9,10)/b5-4-. The number of hydrazine groups is 1. The fraction of sp³-hybridized carbons (Fsp3) is 0. The first-order valence-corrected chi connectivity index (χ1v) is 2.56. The van der Waals surface area contributed by atoms with Crippen LogP contribution in [-0.4, -0.2) is 12.6 Å². The maximum atomic E-state index is 10.6. The predicted molar refractivity (Wildman–Crippen MR) is 40.2 cm³/mol. The van der Waals surface area contributed by atoms with Crippen LogP contribution in [0.1, 0.15) is 0 Å². The van der Waals surface area contributed by atoms with Gasteiger partial charge in [-0.25, -0.2) is 5.84 Å². The van der Waals surface area contributed by atoms with Crippen LogP contribution in [0, 0.1) is 0 Å². The molecule has 10 heavy (non-hydrogen) atoms. The maximum absolute atomic E-state index is 10.6. The summed E-state index contributed by atoms with van der Waals surface area (Å²) in [6.45, 7) is 6.55. The second-order valence-electron chi connectivity index (χ2n) is 1.42. The van der Waals surface area contributed by atoms with Gasteiger partial charge in [0.15, 0.2) is 0 Å². The van der Waals surface area contributed by atoms with Gasteiger partial charge in [-0.1, -0.05) is 12.7 Å². The molecule has 0 aromatic heterocycles. The molecule has 0 saturated heterocycles. The van der Waals surface area contributed by atoms with Crippen molar-refractivity contribution in [2.45, 2.75) is 0 Å². The molecule has 0 aliphatic carbocycles. The van der Waals surface area contributed by atoms with Crippen molar-refractivity contribution in [1.82, 2.24) is 5.43 Å². The topological polar surface area (TPSA) is 67.5 Å². The lowest BCUT2D eigenvalue weighted by atomic mass is 10.4. The second kappa shape index (κ2) is 4.46. The van der Waals surface area contributed by atoms with Crippen molar-refractivity contribution in [3.63, 3.8) is 0 Å². The molecule has 0 radical (unpaired) electrons. The van der Waals surface area contributed by atoms with Gasteiger partial charge in [-0.15, -0.1) is 0 Å². The number of allylic oxidation sites excluding steroid dienone is 2. The highest BCUT2D eigenvalue weighted by Gasteiger charge is 2.01. The Labute approximate surface area is 59.1 Å². The van der Waals surface area contributed by atoms with Crippen LogP contribution < -0.4 is 11.3 Å². The minimum absolute atomic E-state index is 0.150. The Balaban J connectivity index is 4.34. The van der Waals surface area contributed by atoms with E-state index in [0.717, 1.165) is 0 Å². The highest BCUT2D eigenvalue weighted by atomic mass is 16.2. The number of hydrogen-bond acceptors (Lipinski definition) is 3. The molecular weight excluding hydrogens is 130 g/mol. The van der Waals surface area contributed by atoms with E-state index in [1.54, 1.807) is 0 Å². The van der Waals surface area contributed by atoms with E-state index in [1.807, 2.05) is 5.43 Å². The zero-order chi connectivity index (χ0) is 7.98. The fourth-order valence-corrected chi connectivity index (χ4v) is 0.386. The van der Waals surface area contributed by atoms with Gasteiger partial charge >= 0.3 is 0 Å². The first kappa shape index (κ1) is 8.58. The van der Waals surface area contributed by atoms with Crippen LogP contribution in [0.15, 0.2) is 29.4 Å². The van der Waals surface area contributed by atoms with Crippen LogP contribution in [0.5, 0.6) is 0 Å². The number of nitrogens with one attached hydrogen (secondary N) is 1. The molecule has 0 aliphatic rings. The lowest BCUT2D eigenvalue weighted by Gasteiger charge is -1.95. The summed E-state index contributed by atoms with van der Waals surface area (Å²) >= 11 is 0. The third-order valence-corrected chi connectivity index (χ3v) is 0.810. The Hall–Kier alpha value is -1.42. The highest BCUT2D eigenvalue weighted by Crippen LogP contribution is 1.93. The zero-order valence-corrected chi connectivity index (χ0v) is 5.50.